The second kappa shape index (κ2) is 6.54. The molecule has 1 rings (SSSR count). The fourth-order valence-electron chi connectivity index (χ4n) is 1.42. The highest BCUT2D eigenvalue weighted by atomic mass is 79.9. The van der Waals surface area contributed by atoms with Crippen LogP contribution in [0.3, 0.4) is 0 Å². The molecule has 1 aromatic heterocycles. The molecule has 0 saturated carbocycles. The first-order chi connectivity index (χ1) is 9.19. The van der Waals surface area contributed by atoms with Gasteiger partial charge in [-0.15, -0.1) is 0 Å². The molecule has 20 heavy (non-hydrogen) atoms. The van der Waals surface area contributed by atoms with Crippen molar-refractivity contribution in [3.63, 3.8) is 0 Å². The molecule has 0 spiro atoms. The van der Waals surface area contributed by atoms with E-state index in [9.17, 15) is 4.79 Å². The average molecular weight is 364 g/mol. The molecule has 0 saturated heterocycles. The van der Waals surface area contributed by atoms with Gasteiger partial charge in [0.15, 0.2) is 11.3 Å². The third kappa shape index (κ3) is 3.93. The largest absolute Gasteiger partial charge is 0.464 e. The maximum absolute atomic E-state index is 11.7. The van der Waals surface area contributed by atoms with Gasteiger partial charge in [0.05, 0.1) is 17.8 Å². The number of hydrogen-bond acceptors (Lipinski definition) is 5. The van der Waals surface area contributed by atoms with E-state index in [2.05, 4.69) is 30.8 Å². The van der Waals surface area contributed by atoms with Gasteiger partial charge in [0.25, 0.3) is 0 Å². The summed E-state index contributed by atoms with van der Waals surface area (Å²) in [7, 11) is 1.28. The van der Waals surface area contributed by atoms with Crippen LogP contribution in [0.15, 0.2) is 11.2 Å². The van der Waals surface area contributed by atoms with Crippen LogP contribution in [0.5, 0.6) is 0 Å². The normalized spacial score (nSPS) is 12.2. The molecule has 0 radical (unpaired) electrons. The number of carbonyl (C=O) groups excluding carboxylic acids is 1. The minimum atomic E-state index is -0.812. The number of ether oxygens (including phenoxy) is 1. The summed E-state index contributed by atoms with van der Waals surface area (Å²) in [5.41, 5.74) is 0.513. The van der Waals surface area contributed by atoms with Gasteiger partial charge in [-0.3, -0.25) is 0 Å². The lowest BCUT2D eigenvalue weighted by atomic mass is 10.0. The van der Waals surface area contributed by atoms with Crippen LogP contribution in [0.25, 0.3) is 0 Å². The van der Waals surface area contributed by atoms with Crippen molar-refractivity contribution in [1.29, 1.82) is 0 Å². The van der Waals surface area contributed by atoms with Gasteiger partial charge in [-0.2, -0.15) is 0 Å². The van der Waals surface area contributed by atoms with E-state index in [-0.39, 0.29) is 10.7 Å². The third-order valence-corrected chi connectivity index (χ3v) is 3.16. The Morgan fingerprint density at radius 2 is 2.10 bits per heavy atom. The van der Waals surface area contributed by atoms with E-state index in [0.717, 1.165) is 0 Å². The SMILES string of the molecule is COC(=O)c1nc(C(C)(C)O/N=C(\C)Br)cc(C)c1Cl. The minimum absolute atomic E-state index is 0.0698. The molecule has 0 aromatic carbocycles. The lowest BCUT2D eigenvalue weighted by Crippen LogP contribution is -2.23. The predicted molar refractivity (Wildman–Crippen MR) is 81.5 cm³/mol. The molecule has 1 aromatic rings. The number of pyridine rings is 1. The van der Waals surface area contributed by atoms with Crippen molar-refractivity contribution in [2.45, 2.75) is 33.3 Å². The lowest BCUT2D eigenvalue weighted by Gasteiger charge is -2.23. The summed E-state index contributed by atoms with van der Waals surface area (Å²) < 4.78 is 5.28. The zero-order chi connectivity index (χ0) is 15.5. The monoisotopic (exact) mass is 362 g/mol. The molecule has 0 amide bonds. The molecule has 0 unspecified atom stereocenters. The molecule has 0 bridgehead atoms. The van der Waals surface area contributed by atoms with Gasteiger partial charge in [-0.1, -0.05) is 16.8 Å². The molecule has 0 aliphatic rings. The molecular weight excluding hydrogens is 348 g/mol. The summed E-state index contributed by atoms with van der Waals surface area (Å²) in [6.07, 6.45) is 0. The van der Waals surface area contributed by atoms with Gasteiger partial charge in [0, 0.05) is 0 Å². The number of hydrogen-bond donors (Lipinski definition) is 0. The third-order valence-electron chi connectivity index (χ3n) is 2.53. The van der Waals surface area contributed by atoms with Crippen LogP contribution in [-0.2, 0) is 15.2 Å². The first kappa shape index (κ1) is 16.9. The summed E-state index contributed by atoms with van der Waals surface area (Å²) >= 11 is 9.26. The van der Waals surface area contributed by atoms with Crippen molar-refractivity contribution >= 4 is 38.1 Å². The van der Waals surface area contributed by atoms with Gasteiger partial charge in [0.1, 0.15) is 4.62 Å². The van der Waals surface area contributed by atoms with Crippen LogP contribution >= 0.6 is 27.5 Å². The number of carbonyl (C=O) groups is 1. The van der Waals surface area contributed by atoms with E-state index >= 15 is 0 Å². The highest BCUT2D eigenvalue weighted by molar-refractivity contribution is 9.18. The molecule has 0 atom stereocenters. The summed E-state index contributed by atoms with van der Waals surface area (Å²) in [5.74, 6) is -0.587. The Labute approximate surface area is 131 Å². The van der Waals surface area contributed by atoms with Crippen molar-refractivity contribution in [3.05, 3.63) is 28.0 Å². The fourth-order valence-corrected chi connectivity index (χ4v) is 1.67. The topological polar surface area (TPSA) is 60.8 Å². The lowest BCUT2D eigenvalue weighted by molar-refractivity contribution is -0.0213. The molecule has 0 aliphatic heterocycles. The van der Waals surface area contributed by atoms with Gasteiger partial charge in [-0.05, 0) is 55.3 Å². The van der Waals surface area contributed by atoms with Crippen molar-refractivity contribution in [2.75, 3.05) is 7.11 Å². The number of aromatic nitrogens is 1. The number of rotatable bonds is 4. The van der Waals surface area contributed by atoms with Gasteiger partial charge in [0.2, 0.25) is 0 Å². The van der Waals surface area contributed by atoms with E-state index in [4.69, 9.17) is 16.4 Å². The first-order valence-corrected chi connectivity index (χ1v) is 7.00. The number of nitrogens with zero attached hydrogens (tertiary/aromatic N) is 2. The molecule has 7 heteroatoms. The average Bonchev–Trinajstić information content (AvgIpc) is 2.38. The predicted octanol–water partition coefficient (Wildman–Crippen LogP) is 3.81. The van der Waals surface area contributed by atoms with Crippen molar-refractivity contribution in [2.24, 2.45) is 5.16 Å². The van der Waals surface area contributed by atoms with Crippen molar-refractivity contribution in [1.82, 2.24) is 4.98 Å². The number of halogens is 2. The van der Waals surface area contributed by atoms with Crippen LogP contribution in [0.4, 0.5) is 0 Å². The molecule has 5 nitrogen and oxygen atoms in total. The van der Waals surface area contributed by atoms with Crippen molar-refractivity contribution in [3.8, 4) is 0 Å². The van der Waals surface area contributed by atoms with E-state index in [1.807, 2.05) is 0 Å². The van der Waals surface area contributed by atoms with E-state index in [1.54, 1.807) is 33.8 Å². The minimum Gasteiger partial charge on any atom is -0.464 e. The maximum atomic E-state index is 11.7. The molecule has 110 valence electrons. The Kier molecular flexibility index (Phi) is 5.53. The Hall–Kier alpha value is -1.14. The second-order valence-corrected chi connectivity index (χ2v) is 6.19. The van der Waals surface area contributed by atoms with E-state index in [1.165, 1.54) is 7.11 Å². The Morgan fingerprint density at radius 3 is 2.60 bits per heavy atom. The van der Waals surface area contributed by atoms with Crippen LogP contribution in [0.2, 0.25) is 5.02 Å². The zero-order valence-corrected chi connectivity index (χ0v) is 14.3. The maximum Gasteiger partial charge on any atom is 0.358 e. The van der Waals surface area contributed by atoms with Gasteiger partial charge >= 0.3 is 5.97 Å². The summed E-state index contributed by atoms with van der Waals surface area (Å²) in [5, 5.41) is 4.14. The van der Waals surface area contributed by atoms with Crippen molar-refractivity contribution < 1.29 is 14.4 Å². The smallest absolute Gasteiger partial charge is 0.358 e. The Morgan fingerprint density at radius 1 is 1.50 bits per heavy atom. The van der Waals surface area contributed by atoms with E-state index in [0.29, 0.717) is 15.9 Å². The summed E-state index contributed by atoms with van der Waals surface area (Å²) in [6.45, 7) is 7.12. The molecular formula is C13H16BrClN2O3. The highest BCUT2D eigenvalue weighted by Gasteiger charge is 2.28. The molecule has 0 aliphatic carbocycles. The standard InChI is InChI=1S/C13H16BrClN2O3/c1-7-6-9(13(3,4)20-17-8(2)14)16-11(10(7)15)12(18)19-5/h6H,1-5H3/b17-8+. The summed E-state index contributed by atoms with van der Waals surface area (Å²) in [6, 6.07) is 1.76. The van der Waals surface area contributed by atoms with Crippen LogP contribution in [0, 0.1) is 6.92 Å². The second-order valence-electron chi connectivity index (χ2n) is 4.67. The Balaban J connectivity index is 3.29. The zero-order valence-electron chi connectivity index (χ0n) is 12.0. The fraction of sp³-hybridized carbons (Fsp3) is 0.462. The molecule has 1 heterocycles. The number of methoxy groups -OCH3 is 1. The quantitative estimate of drug-likeness (QED) is 0.463. The van der Waals surface area contributed by atoms with Gasteiger partial charge in [-0.25, -0.2) is 9.78 Å². The highest BCUT2D eigenvalue weighted by Crippen LogP contribution is 2.29. The van der Waals surface area contributed by atoms with Gasteiger partial charge < -0.3 is 9.57 Å². The van der Waals surface area contributed by atoms with E-state index < -0.39 is 11.6 Å². The number of aryl methyl sites for hydroxylation is 1. The molecule has 0 fully saturated rings. The Bertz CT molecular complexity index is 555. The van der Waals surface area contributed by atoms with Crippen LogP contribution in [-0.4, -0.2) is 22.7 Å². The summed E-state index contributed by atoms with van der Waals surface area (Å²) in [4.78, 5) is 21.3. The number of oxime groups is 1. The van der Waals surface area contributed by atoms with Crippen LogP contribution < -0.4 is 0 Å². The number of esters is 1. The first-order valence-electron chi connectivity index (χ1n) is 5.83. The molecule has 0 N–H and O–H groups in total. The van der Waals surface area contributed by atoms with Crippen LogP contribution in [0.1, 0.15) is 42.5 Å².